The molecular formula is C23H35N3O. The third-order valence-electron chi connectivity index (χ3n) is 7.77. The Morgan fingerprint density at radius 2 is 1.85 bits per heavy atom. The molecule has 1 aromatic rings. The predicted molar refractivity (Wildman–Crippen MR) is 110 cm³/mol. The molecule has 4 nitrogen and oxygen atoms in total. The normalized spacial score (nSPS) is 36.7. The van der Waals surface area contributed by atoms with Gasteiger partial charge < -0.3 is 14.5 Å². The highest BCUT2D eigenvalue weighted by molar-refractivity contribution is 5.47. The lowest BCUT2D eigenvalue weighted by Gasteiger charge is -2.38. The van der Waals surface area contributed by atoms with Crippen molar-refractivity contribution in [2.75, 3.05) is 51.7 Å². The largest absolute Gasteiger partial charge is 0.371 e. The van der Waals surface area contributed by atoms with Gasteiger partial charge in [0.25, 0.3) is 0 Å². The van der Waals surface area contributed by atoms with E-state index in [4.69, 9.17) is 4.74 Å². The molecule has 1 aromatic carbocycles. The van der Waals surface area contributed by atoms with Crippen LogP contribution < -0.4 is 4.90 Å². The second-order valence-corrected chi connectivity index (χ2v) is 9.78. The first-order chi connectivity index (χ1) is 13.0. The smallest absolute Gasteiger partial charge is 0.0858 e. The van der Waals surface area contributed by atoms with E-state index in [1.807, 2.05) is 0 Å². The maximum atomic E-state index is 6.64. The Bertz CT molecular complexity index is 667. The molecule has 1 spiro atoms. The molecule has 0 amide bonds. The zero-order valence-corrected chi connectivity index (χ0v) is 17.2. The maximum absolute atomic E-state index is 6.64. The van der Waals surface area contributed by atoms with E-state index >= 15 is 0 Å². The number of ether oxygens (including phenoxy) is 1. The standard InChI is InChI=1S/C23H35N3O/c1-17-4-6-18(7-5-17)25-12-9-19(10-13-25)26-15-21-20(14-24(2)3)22-8-11-23(21,16-26)27-22/h4-7,19-22H,8-16H2,1-3H3/t20-,21+,22+,23+/m0/s1. The topological polar surface area (TPSA) is 19.0 Å². The summed E-state index contributed by atoms with van der Waals surface area (Å²) in [5.41, 5.74) is 2.93. The van der Waals surface area contributed by atoms with Crippen LogP contribution in [0.4, 0.5) is 5.69 Å². The highest BCUT2D eigenvalue weighted by Crippen LogP contribution is 2.55. The monoisotopic (exact) mass is 369 g/mol. The summed E-state index contributed by atoms with van der Waals surface area (Å²) in [6, 6.07) is 9.79. The number of nitrogens with zero attached hydrogens (tertiary/aromatic N) is 3. The van der Waals surface area contributed by atoms with Crippen LogP contribution in [0, 0.1) is 18.8 Å². The first-order valence-electron chi connectivity index (χ1n) is 10.9. The maximum Gasteiger partial charge on any atom is 0.0858 e. The van der Waals surface area contributed by atoms with Crippen molar-refractivity contribution in [1.82, 2.24) is 9.80 Å². The number of fused-ring (bicyclic) bond motifs is 1. The van der Waals surface area contributed by atoms with Gasteiger partial charge >= 0.3 is 0 Å². The number of anilines is 1. The second kappa shape index (κ2) is 6.75. The molecule has 2 bridgehead atoms. The average Bonchev–Trinajstić information content (AvgIpc) is 3.32. The Kier molecular flexibility index (Phi) is 4.49. The van der Waals surface area contributed by atoms with Gasteiger partial charge in [0.2, 0.25) is 0 Å². The van der Waals surface area contributed by atoms with Crippen LogP contribution in [0.5, 0.6) is 0 Å². The van der Waals surface area contributed by atoms with Crippen LogP contribution in [0.2, 0.25) is 0 Å². The van der Waals surface area contributed by atoms with Crippen LogP contribution in [-0.2, 0) is 4.74 Å². The second-order valence-electron chi connectivity index (χ2n) is 9.78. The van der Waals surface area contributed by atoms with Gasteiger partial charge in [-0.15, -0.1) is 0 Å². The quantitative estimate of drug-likeness (QED) is 0.812. The summed E-state index contributed by atoms with van der Waals surface area (Å²) in [5, 5.41) is 0. The number of likely N-dealkylation sites (tertiary alicyclic amines) is 1. The van der Waals surface area contributed by atoms with Gasteiger partial charge in [-0.1, -0.05) is 17.7 Å². The highest BCUT2D eigenvalue weighted by Gasteiger charge is 2.63. The first-order valence-corrected chi connectivity index (χ1v) is 10.9. The molecule has 0 radical (unpaired) electrons. The lowest BCUT2D eigenvalue weighted by Crippen LogP contribution is -2.45. The predicted octanol–water partition coefficient (Wildman–Crippen LogP) is 3.00. The molecule has 4 aliphatic heterocycles. The van der Waals surface area contributed by atoms with Crippen molar-refractivity contribution in [3.05, 3.63) is 29.8 Å². The van der Waals surface area contributed by atoms with E-state index in [0.717, 1.165) is 17.9 Å². The lowest BCUT2D eigenvalue weighted by molar-refractivity contribution is -0.00293. The van der Waals surface area contributed by atoms with Gasteiger partial charge in [-0.05, 0) is 58.8 Å². The van der Waals surface area contributed by atoms with Crippen molar-refractivity contribution in [1.29, 1.82) is 0 Å². The molecule has 4 heterocycles. The van der Waals surface area contributed by atoms with Gasteiger partial charge in [0.1, 0.15) is 0 Å². The lowest BCUT2D eigenvalue weighted by atomic mass is 9.73. The Morgan fingerprint density at radius 3 is 2.56 bits per heavy atom. The Morgan fingerprint density at radius 1 is 1.11 bits per heavy atom. The molecule has 0 unspecified atom stereocenters. The molecule has 148 valence electrons. The minimum absolute atomic E-state index is 0.194. The number of piperidine rings is 1. The molecule has 4 heteroatoms. The van der Waals surface area contributed by atoms with Crippen LogP contribution in [-0.4, -0.2) is 74.4 Å². The summed E-state index contributed by atoms with van der Waals surface area (Å²) in [6.45, 7) is 8.19. The Hall–Kier alpha value is -1.10. The zero-order chi connectivity index (χ0) is 18.6. The van der Waals surface area contributed by atoms with Gasteiger partial charge in [-0.3, -0.25) is 4.90 Å². The summed E-state index contributed by atoms with van der Waals surface area (Å²) >= 11 is 0. The fourth-order valence-electron chi connectivity index (χ4n) is 6.42. The van der Waals surface area contributed by atoms with Crippen molar-refractivity contribution in [3.63, 3.8) is 0 Å². The van der Waals surface area contributed by atoms with E-state index in [9.17, 15) is 0 Å². The van der Waals surface area contributed by atoms with Crippen molar-refractivity contribution >= 4 is 5.69 Å². The minimum Gasteiger partial charge on any atom is -0.371 e. The molecule has 4 aliphatic rings. The third-order valence-corrected chi connectivity index (χ3v) is 7.77. The average molecular weight is 370 g/mol. The highest BCUT2D eigenvalue weighted by atomic mass is 16.5. The number of benzene rings is 1. The van der Waals surface area contributed by atoms with Crippen LogP contribution in [0.25, 0.3) is 0 Å². The van der Waals surface area contributed by atoms with Crippen molar-refractivity contribution in [2.45, 2.75) is 50.4 Å². The molecule has 5 rings (SSSR count). The minimum atomic E-state index is 0.194. The molecule has 27 heavy (non-hydrogen) atoms. The molecular weight excluding hydrogens is 334 g/mol. The molecule has 4 atom stereocenters. The van der Waals surface area contributed by atoms with E-state index in [-0.39, 0.29) is 5.60 Å². The zero-order valence-electron chi connectivity index (χ0n) is 17.2. The molecule has 0 saturated carbocycles. The molecule has 0 N–H and O–H groups in total. The van der Waals surface area contributed by atoms with Gasteiger partial charge in [-0.2, -0.15) is 0 Å². The van der Waals surface area contributed by atoms with Crippen LogP contribution >= 0.6 is 0 Å². The summed E-state index contributed by atoms with van der Waals surface area (Å²) < 4.78 is 6.64. The number of hydrogen-bond acceptors (Lipinski definition) is 4. The van der Waals surface area contributed by atoms with Crippen LogP contribution in [0.3, 0.4) is 0 Å². The molecule has 0 aromatic heterocycles. The molecule has 4 fully saturated rings. The van der Waals surface area contributed by atoms with Crippen molar-refractivity contribution < 1.29 is 4.74 Å². The van der Waals surface area contributed by atoms with Crippen LogP contribution in [0.15, 0.2) is 24.3 Å². The third kappa shape index (κ3) is 3.10. The summed E-state index contributed by atoms with van der Waals surface area (Å²) in [6.07, 6.45) is 5.69. The number of aryl methyl sites for hydroxylation is 1. The van der Waals surface area contributed by atoms with E-state index in [1.165, 1.54) is 69.7 Å². The fraction of sp³-hybridized carbons (Fsp3) is 0.739. The number of hydrogen-bond donors (Lipinski definition) is 0. The SMILES string of the molecule is Cc1ccc(N2CCC(N3C[C@@H]4[C@H](CN(C)C)[C@H]5CC[C@]4(C3)O5)CC2)cc1. The van der Waals surface area contributed by atoms with E-state index in [2.05, 4.69) is 60.0 Å². The van der Waals surface area contributed by atoms with Gasteiger partial charge in [0, 0.05) is 56.3 Å². The Labute approximate surface area is 164 Å². The summed E-state index contributed by atoms with van der Waals surface area (Å²) in [5.74, 6) is 1.50. The van der Waals surface area contributed by atoms with Gasteiger partial charge in [0.05, 0.1) is 11.7 Å². The van der Waals surface area contributed by atoms with Crippen molar-refractivity contribution in [3.8, 4) is 0 Å². The van der Waals surface area contributed by atoms with Gasteiger partial charge in [-0.25, -0.2) is 0 Å². The Balaban J connectivity index is 1.22. The fourth-order valence-corrected chi connectivity index (χ4v) is 6.42. The van der Waals surface area contributed by atoms with Crippen molar-refractivity contribution in [2.24, 2.45) is 11.8 Å². The van der Waals surface area contributed by atoms with Crippen LogP contribution in [0.1, 0.15) is 31.2 Å². The number of rotatable bonds is 4. The van der Waals surface area contributed by atoms with E-state index in [1.54, 1.807) is 0 Å². The summed E-state index contributed by atoms with van der Waals surface area (Å²) in [7, 11) is 4.43. The molecule has 4 saturated heterocycles. The van der Waals surface area contributed by atoms with E-state index in [0.29, 0.717) is 6.10 Å². The molecule has 0 aliphatic carbocycles. The van der Waals surface area contributed by atoms with Gasteiger partial charge in [0.15, 0.2) is 0 Å². The summed E-state index contributed by atoms with van der Waals surface area (Å²) in [4.78, 5) is 7.74. The van der Waals surface area contributed by atoms with E-state index < -0.39 is 0 Å². The first kappa shape index (κ1) is 18.0.